The fourth-order valence-corrected chi connectivity index (χ4v) is 2.54. The van der Waals surface area contributed by atoms with Gasteiger partial charge in [0.05, 0.1) is 28.4 Å². The molecule has 0 aliphatic rings. The van der Waals surface area contributed by atoms with E-state index < -0.39 is 0 Å². The van der Waals surface area contributed by atoms with Crippen LogP contribution in [0.2, 0.25) is 0 Å². The number of hydrogen-bond donors (Lipinski definition) is 2. The summed E-state index contributed by atoms with van der Waals surface area (Å²) in [5, 5.41) is 20.5. The first-order chi connectivity index (χ1) is 12.7. The van der Waals surface area contributed by atoms with Gasteiger partial charge in [0.2, 0.25) is 5.75 Å². The van der Waals surface area contributed by atoms with E-state index in [4.69, 9.17) is 18.9 Å². The van der Waals surface area contributed by atoms with Crippen LogP contribution in [0.5, 0.6) is 17.2 Å². The number of ether oxygens (including phenoxy) is 4. The smallest absolute Gasteiger partial charge is 0.200 e. The van der Waals surface area contributed by atoms with Gasteiger partial charge in [-0.3, -0.25) is 0 Å². The van der Waals surface area contributed by atoms with Crippen LogP contribution in [0.4, 0.5) is 0 Å². The summed E-state index contributed by atoms with van der Waals surface area (Å²) in [5.74, 6) is 1.20. The van der Waals surface area contributed by atoms with Crippen LogP contribution in [-0.4, -0.2) is 38.7 Å². The number of phenolic OH excluding ortho intramolecular Hbond substituents is 1. The van der Waals surface area contributed by atoms with E-state index in [0.29, 0.717) is 29.4 Å². The summed E-state index contributed by atoms with van der Waals surface area (Å²) >= 11 is 0. The topological polar surface area (TPSA) is 77.4 Å². The van der Waals surface area contributed by atoms with Crippen molar-refractivity contribution in [1.82, 2.24) is 0 Å². The van der Waals surface area contributed by atoms with Gasteiger partial charge < -0.3 is 29.2 Å². The second-order valence-electron chi connectivity index (χ2n) is 6.51. The minimum atomic E-state index is -0.355. The van der Waals surface area contributed by atoms with Crippen molar-refractivity contribution in [2.45, 2.75) is 32.6 Å². The van der Waals surface area contributed by atoms with Gasteiger partial charge in [0, 0.05) is 0 Å². The number of benzene rings is 1. The molecule has 6 nitrogen and oxygen atoms in total. The predicted octanol–water partition coefficient (Wildman–Crippen LogP) is 4.60. The minimum absolute atomic E-state index is 0.0376. The van der Waals surface area contributed by atoms with Gasteiger partial charge in [0.1, 0.15) is 0 Å². The van der Waals surface area contributed by atoms with Crippen LogP contribution < -0.4 is 9.47 Å². The number of hydrogen-bond acceptors (Lipinski definition) is 6. The molecule has 0 aromatic heterocycles. The lowest BCUT2D eigenvalue weighted by atomic mass is 9.81. The van der Waals surface area contributed by atoms with E-state index in [2.05, 4.69) is 0 Å². The fourth-order valence-electron chi connectivity index (χ4n) is 2.54. The highest BCUT2D eigenvalue weighted by Gasteiger charge is 2.24. The first kappa shape index (κ1) is 22.3. The number of rotatable bonds is 9. The molecule has 0 fully saturated rings. The standard InChI is InChI=1S/C21H30O6/c1-8-9-15(24-4)19(22)16(25-5)10-11-21(2,3)14-12-17(26-6)20(23)18(13-14)27-7/h8-10,12-13,22-23H,11H2,1-7H3/b9-8-,16-10+,19-15-. The third kappa shape index (κ3) is 5.36. The van der Waals surface area contributed by atoms with Gasteiger partial charge in [-0.05, 0) is 48.6 Å². The molecule has 2 N–H and O–H groups in total. The number of methoxy groups -OCH3 is 4. The Morgan fingerprint density at radius 3 is 2.00 bits per heavy atom. The zero-order valence-corrected chi connectivity index (χ0v) is 17.1. The molecule has 0 saturated heterocycles. The fraction of sp³-hybridized carbons (Fsp3) is 0.429. The number of aliphatic hydroxyl groups excluding tert-OH is 1. The molecule has 0 unspecified atom stereocenters. The van der Waals surface area contributed by atoms with Crippen molar-refractivity contribution in [2.75, 3.05) is 28.4 Å². The summed E-state index contributed by atoms with van der Waals surface area (Å²) in [7, 11) is 5.96. The molecule has 0 saturated carbocycles. The van der Waals surface area contributed by atoms with Gasteiger partial charge in [0.15, 0.2) is 28.8 Å². The van der Waals surface area contributed by atoms with Crippen LogP contribution in [-0.2, 0) is 14.9 Å². The van der Waals surface area contributed by atoms with E-state index >= 15 is 0 Å². The highest BCUT2D eigenvalue weighted by atomic mass is 16.5. The number of phenols is 1. The SMILES string of the molecule is C\C=C/C(OC)=C(O)\C(=C/CC(C)(C)c1cc(OC)c(O)c(OC)c1)OC. The lowest BCUT2D eigenvalue weighted by Gasteiger charge is -2.25. The normalized spacial score (nSPS) is 13.4. The molecule has 27 heavy (non-hydrogen) atoms. The van der Waals surface area contributed by atoms with Crippen molar-refractivity contribution >= 4 is 0 Å². The summed E-state index contributed by atoms with van der Waals surface area (Å²) in [6, 6.07) is 3.54. The highest BCUT2D eigenvalue weighted by Crippen LogP contribution is 2.41. The largest absolute Gasteiger partial charge is 0.502 e. The summed E-state index contributed by atoms with van der Waals surface area (Å²) in [6.07, 6.45) is 5.76. The van der Waals surface area contributed by atoms with Gasteiger partial charge in [-0.1, -0.05) is 19.9 Å². The first-order valence-corrected chi connectivity index (χ1v) is 8.55. The minimum Gasteiger partial charge on any atom is -0.502 e. The van der Waals surface area contributed by atoms with Crippen LogP contribution >= 0.6 is 0 Å². The van der Waals surface area contributed by atoms with Gasteiger partial charge >= 0.3 is 0 Å². The molecular formula is C21H30O6. The summed E-state index contributed by atoms with van der Waals surface area (Å²) in [4.78, 5) is 0. The first-order valence-electron chi connectivity index (χ1n) is 8.55. The van der Waals surface area contributed by atoms with Crippen molar-refractivity contribution < 1.29 is 29.2 Å². The van der Waals surface area contributed by atoms with E-state index in [1.54, 1.807) is 30.4 Å². The van der Waals surface area contributed by atoms with Crippen LogP contribution in [0.25, 0.3) is 0 Å². The van der Waals surface area contributed by atoms with Crippen LogP contribution in [0.3, 0.4) is 0 Å². The van der Waals surface area contributed by atoms with E-state index in [-0.39, 0.29) is 16.9 Å². The zero-order chi connectivity index (χ0) is 20.6. The predicted molar refractivity (Wildman–Crippen MR) is 105 cm³/mol. The molecule has 0 aliphatic heterocycles. The van der Waals surface area contributed by atoms with Gasteiger partial charge in [-0.2, -0.15) is 0 Å². The maximum atomic E-state index is 10.4. The molecule has 1 aromatic rings. The number of allylic oxidation sites excluding steroid dienone is 3. The lowest BCUT2D eigenvalue weighted by molar-refractivity contribution is 0.222. The van der Waals surface area contributed by atoms with Gasteiger partial charge in [-0.15, -0.1) is 0 Å². The number of aromatic hydroxyl groups is 1. The van der Waals surface area contributed by atoms with Crippen molar-refractivity contribution in [3.8, 4) is 17.2 Å². The Balaban J connectivity index is 3.27. The molecule has 150 valence electrons. The Kier molecular flexibility index (Phi) is 8.09. The average Bonchev–Trinajstić information content (AvgIpc) is 2.66. The van der Waals surface area contributed by atoms with E-state index in [9.17, 15) is 10.2 Å². The quantitative estimate of drug-likeness (QED) is 0.483. The maximum absolute atomic E-state index is 10.4. The van der Waals surface area contributed by atoms with Crippen molar-refractivity contribution in [2.24, 2.45) is 0 Å². The molecule has 0 atom stereocenters. The second-order valence-corrected chi connectivity index (χ2v) is 6.51. The van der Waals surface area contributed by atoms with Crippen molar-refractivity contribution in [1.29, 1.82) is 0 Å². The Morgan fingerprint density at radius 2 is 1.59 bits per heavy atom. The average molecular weight is 378 g/mol. The van der Waals surface area contributed by atoms with Crippen molar-refractivity contribution in [3.05, 3.63) is 53.2 Å². The monoisotopic (exact) mass is 378 g/mol. The molecule has 0 heterocycles. The third-order valence-corrected chi connectivity index (χ3v) is 4.28. The molecule has 0 spiro atoms. The Bertz CT molecular complexity index is 703. The van der Waals surface area contributed by atoms with E-state index in [0.717, 1.165) is 5.56 Å². The molecule has 0 bridgehead atoms. The second kappa shape index (κ2) is 9.80. The Morgan fingerprint density at radius 1 is 1.04 bits per heavy atom. The molecule has 1 rings (SSSR count). The summed E-state index contributed by atoms with van der Waals surface area (Å²) in [5.41, 5.74) is 0.552. The lowest BCUT2D eigenvalue weighted by Crippen LogP contribution is -2.17. The molecule has 0 radical (unpaired) electrons. The molecule has 0 amide bonds. The van der Waals surface area contributed by atoms with E-state index in [1.807, 2.05) is 20.8 Å². The Hall–Kier alpha value is -2.76. The molecule has 6 heteroatoms. The van der Waals surface area contributed by atoms with Crippen LogP contribution in [0.1, 0.15) is 32.8 Å². The zero-order valence-electron chi connectivity index (χ0n) is 17.1. The summed E-state index contributed by atoms with van der Waals surface area (Å²) in [6.45, 7) is 5.90. The molecule has 0 aliphatic carbocycles. The Labute approximate surface area is 161 Å². The number of aliphatic hydroxyl groups is 1. The van der Waals surface area contributed by atoms with Crippen LogP contribution in [0.15, 0.2) is 47.6 Å². The molecule has 1 aromatic carbocycles. The van der Waals surface area contributed by atoms with Crippen LogP contribution in [0, 0.1) is 0 Å². The van der Waals surface area contributed by atoms with Gasteiger partial charge in [0.25, 0.3) is 0 Å². The summed E-state index contributed by atoms with van der Waals surface area (Å²) < 4.78 is 21.0. The highest BCUT2D eigenvalue weighted by molar-refractivity contribution is 5.54. The molecular weight excluding hydrogens is 348 g/mol. The maximum Gasteiger partial charge on any atom is 0.200 e. The van der Waals surface area contributed by atoms with E-state index in [1.165, 1.54) is 28.4 Å². The van der Waals surface area contributed by atoms with Crippen molar-refractivity contribution in [3.63, 3.8) is 0 Å². The third-order valence-electron chi connectivity index (χ3n) is 4.28. The van der Waals surface area contributed by atoms with Gasteiger partial charge in [-0.25, -0.2) is 0 Å².